The summed E-state index contributed by atoms with van der Waals surface area (Å²) in [6.07, 6.45) is 2.67. The Kier molecular flexibility index (Phi) is 9.00. The van der Waals surface area contributed by atoms with Gasteiger partial charge in [-0.2, -0.15) is 0 Å². The van der Waals surface area contributed by atoms with Crippen molar-refractivity contribution in [3.8, 4) is 5.75 Å². The molecule has 1 aromatic heterocycles. The van der Waals surface area contributed by atoms with Crippen LogP contribution in [0.2, 0.25) is 0 Å². The molecule has 0 saturated carbocycles. The van der Waals surface area contributed by atoms with Crippen LogP contribution in [0.3, 0.4) is 0 Å². The van der Waals surface area contributed by atoms with Gasteiger partial charge in [0.25, 0.3) is 0 Å². The third-order valence-electron chi connectivity index (χ3n) is 3.62. The molecule has 0 aliphatic heterocycles. The monoisotopic (exact) mass is 356 g/mol. The number of methoxy groups -OCH3 is 1. The maximum Gasteiger partial charge on any atom is 0.191 e. The van der Waals surface area contributed by atoms with E-state index in [0.717, 1.165) is 42.5 Å². The number of aromatic nitrogens is 1. The second-order valence-corrected chi connectivity index (χ2v) is 5.68. The average molecular weight is 356 g/mol. The molecule has 0 bridgehead atoms. The Morgan fingerprint density at radius 3 is 2.81 bits per heavy atom. The van der Waals surface area contributed by atoms with Gasteiger partial charge in [0.2, 0.25) is 0 Å². The van der Waals surface area contributed by atoms with Gasteiger partial charge >= 0.3 is 0 Å². The van der Waals surface area contributed by atoms with Crippen molar-refractivity contribution < 1.29 is 9.47 Å². The van der Waals surface area contributed by atoms with Crippen LogP contribution in [0.1, 0.15) is 18.2 Å². The van der Waals surface area contributed by atoms with Gasteiger partial charge < -0.3 is 20.1 Å². The largest absolute Gasteiger partial charge is 0.491 e. The first-order valence-electron chi connectivity index (χ1n) is 8.94. The molecular weight excluding hydrogens is 328 g/mol. The summed E-state index contributed by atoms with van der Waals surface area (Å²) < 4.78 is 10.6. The fourth-order valence-electron chi connectivity index (χ4n) is 2.34. The molecule has 26 heavy (non-hydrogen) atoms. The molecule has 2 rings (SSSR count). The highest BCUT2D eigenvalue weighted by Crippen LogP contribution is 2.14. The lowest BCUT2D eigenvalue weighted by Gasteiger charge is -2.11. The number of rotatable bonds is 10. The van der Waals surface area contributed by atoms with Gasteiger partial charge in [-0.3, -0.25) is 4.98 Å². The lowest BCUT2D eigenvalue weighted by molar-refractivity contribution is 0.146. The van der Waals surface area contributed by atoms with E-state index >= 15 is 0 Å². The van der Waals surface area contributed by atoms with E-state index in [1.165, 1.54) is 0 Å². The van der Waals surface area contributed by atoms with E-state index in [1.807, 2.05) is 48.7 Å². The van der Waals surface area contributed by atoms with Crippen LogP contribution in [0, 0.1) is 0 Å². The smallest absolute Gasteiger partial charge is 0.191 e. The van der Waals surface area contributed by atoms with Crippen LogP contribution in [-0.4, -0.2) is 44.4 Å². The molecule has 6 nitrogen and oxygen atoms in total. The molecule has 0 atom stereocenters. The van der Waals surface area contributed by atoms with Gasteiger partial charge in [0.15, 0.2) is 5.96 Å². The molecule has 140 valence electrons. The number of hydrogen-bond donors (Lipinski definition) is 2. The molecule has 2 N–H and O–H groups in total. The molecule has 0 unspecified atom stereocenters. The van der Waals surface area contributed by atoms with Crippen molar-refractivity contribution in [2.24, 2.45) is 4.99 Å². The standard InChI is InChI=1S/C20H28N4O2/c1-3-21-20(23-12-10-18-8-4-5-11-22-18)24-16-17-7-6-9-19(15-17)26-14-13-25-2/h4-9,11,15H,3,10,12-14,16H2,1-2H3,(H2,21,23,24). The molecule has 0 spiro atoms. The van der Waals surface area contributed by atoms with E-state index < -0.39 is 0 Å². The molecule has 1 aromatic carbocycles. The topological polar surface area (TPSA) is 67.8 Å². The van der Waals surface area contributed by atoms with Gasteiger partial charge in [-0.15, -0.1) is 0 Å². The molecule has 6 heteroatoms. The molecule has 0 fully saturated rings. The second kappa shape index (κ2) is 11.9. The quantitative estimate of drug-likeness (QED) is 0.389. The Labute approximate surface area is 155 Å². The lowest BCUT2D eigenvalue weighted by atomic mass is 10.2. The molecule has 1 heterocycles. The molecule has 0 aliphatic rings. The number of nitrogens with one attached hydrogen (secondary N) is 2. The summed E-state index contributed by atoms with van der Waals surface area (Å²) in [6, 6.07) is 13.9. The second-order valence-electron chi connectivity index (χ2n) is 5.68. The number of ether oxygens (including phenoxy) is 2. The third kappa shape index (κ3) is 7.53. The Hall–Kier alpha value is -2.60. The number of nitrogens with zero attached hydrogens (tertiary/aromatic N) is 2. The summed E-state index contributed by atoms with van der Waals surface area (Å²) in [5.41, 5.74) is 2.17. The zero-order valence-corrected chi connectivity index (χ0v) is 15.6. The molecule has 0 amide bonds. The highest BCUT2D eigenvalue weighted by Gasteiger charge is 2.00. The van der Waals surface area contributed by atoms with Crippen LogP contribution in [0.25, 0.3) is 0 Å². The fraction of sp³-hybridized carbons (Fsp3) is 0.400. The predicted octanol–water partition coefficient (Wildman–Crippen LogP) is 2.40. The zero-order chi connectivity index (χ0) is 18.5. The van der Waals surface area contributed by atoms with Crippen LogP contribution in [0.5, 0.6) is 5.75 Å². The maximum atomic E-state index is 5.64. The molecular formula is C20H28N4O2. The average Bonchev–Trinajstić information content (AvgIpc) is 2.67. The van der Waals surface area contributed by atoms with E-state index in [0.29, 0.717) is 19.8 Å². The minimum absolute atomic E-state index is 0.543. The summed E-state index contributed by atoms with van der Waals surface area (Å²) in [5.74, 6) is 1.64. The minimum atomic E-state index is 0.543. The summed E-state index contributed by atoms with van der Waals surface area (Å²) in [6.45, 7) is 5.35. The summed E-state index contributed by atoms with van der Waals surface area (Å²) >= 11 is 0. The highest BCUT2D eigenvalue weighted by atomic mass is 16.5. The fourth-order valence-corrected chi connectivity index (χ4v) is 2.34. The lowest BCUT2D eigenvalue weighted by Crippen LogP contribution is -2.38. The van der Waals surface area contributed by atoms with E-state index in [2.05, 4.69) is 27.5 Å². The van der Waals surface area contributed by atoms with Gasteiger partial charge in [0.1, 0.15) is 12.4 Å². The minimum Gasteiger partial charge on any atom is -0.491 e. The van der Waals surface area contributed by atoms with E-state index in [1.54, 1.807) is 7.11 Å². The van der Waals surface area contributed by atoms with Crippen LogP contribution < -0.4 is 15.4 Å². The zero-order valence-electron chi connectivity index (χ0n) is 15.6. The van der Waals surface area contributed by atoms with Gasteiger partial charge in [-0.1, -0.05) is 18.2 Å². The first-order valence-corrected chi connectivity index (χ1v) is 8.94. The molecule has 0 saturated heterocycles. The third-order valence-corrected chi connectivity index (χ3v) is 3.62. The van der Waals surface area contributed by atoms with Gasteiger partial charge in [0, 0.05) is 38.5 Å². The first-order chi connectivity index (χ1) is 12.8. The van der Waals surface area contributed by atoms with Crippen molar-refractivity contribution in [2.45, 2.75) is 19.9 Å². The van der Waals surface area contributed by atoms with Crippen molar-refractivity contribution >= 4 is 5.96 Å². The van der Waals surface area contributed by atoms with Crippen molar-refractivity contribution in [1.29, 1.82) is 0 Å². The van der Waals surface area contributed by atoms with Crippen molar-refractivity contribution in [3.63, 3.8) is 0 Å². The van der Waals surface area contributed by atoms with Crippen molar-refractivity contribution in [2.75, 3.05) is 33.4 Å². The maximum absolute atomic E-state index is 5.64. The normalized spacial score (nSPS) is 11.2. The predicted molar refractivity (Wildman–Crippen MR) is 105 cm³/mol. The number of benzene rings is 1. The summed E-state index contributed by atoms with van der Waals surface area (Å²) in [5, 5.41) is 6.61. The van der Waals surface area contributed by atoms with Crippen molar-refractivity contribution in [1.82, 2.24) is 15.6 Å². The molecule has 2 aromatic rings. The van der Waals surface area contributed by atoms with Gasteiger partial charge in [0.05, 0.1) is 13.2 Å². The number of hydrogen-bond acceptors (Lipinski definition) is 4. The van der Waals surface area contributed by atoms with Gasteiger partial charge in [-0.25, -0.2) is 4.99 Å². The summed E-state index contributed by atoms with van der Waals surface area (Å²) in [7, 11) is 1.66. The van der Waals surface area contributed by atoms with Gasteiger partial charge in [-0.05, 0) is 36.8 Å². The Morgan fingerprint density at radius 1 is 1.12 bits per heavy atom. The molecule has 0 aliphatic carbocycles. The van der Waals surface area contributed by atoms with Crippen LogP contribution >= 0.6 is 0 Å². The number of pyridine rings is 1. The van der Waals surface area contributed by atoms with E-state index in [9.17, 15) is 0 Å². The summed E-state index contributed by atoms with van der Waals surface area (Å²) in [4.78, 5) is 8.98. The SMILES string of the molecule is CCNC(=NCc1cccc(OCCOC)c1)NCCc1ccccn1. The highest BCUT2D eigenvalue weighted by molar-refractivity contribution is 5.79. The Morgan fingerprint density at radius 2 is 2.04 bits per heavy atom. The first kappa shape index (κ1) is 19.7. The van der Waals surface area contributed by atoms with Crippen LogP contribution in [0.4, 0.5) is 0 Å². The Balaban J connectivity index is 1.86. The number of aliphatic imine (C=N–C) groups is 1. The number of guanidine groups is 1. The Bertz CT molecular complexity index is 662. The van der Waals surface area contributed by atoms with Crippen molar-refractivity contribution in [3.05, 3.63) is 59.9 Å². The molecule has 0 radical (unpaired) electrons. The van der Waals surface area contributed by atoms with E-state index in [4.69, 9.17) is 9.47 Å². The van der Waals surface area contributed by atoms with Crippen LogP contribution in [-0.2, 0) is 17.7 Å². The van der Waals surface area contributed by atoms with E-state index in [-0.39, 0.29) is 0 Å². The van der Waals surface area contributed by atoms with Crippen LogP contribution in [0.15, 0.2) is 53.7 Å².